The topological polar surface area (TPSA) is 38.3 Å². The maximum absolute atomic E-state index is 11.4. The lowest BCUT2D eigenvalue weighted by molar-refractivity contribution is -0.152. The van der Waals surface area contributed by atoms with Gasteiger partial charge in [0.15, 0.2) is 0 Å². The number of ether oxygens (including phenoxy) is 1. The quantitative estimate of drug-likeness (QED) is 0.550. The van der Waals surface area contributed by atoms with Crippen molar-refractivity contribution in [1.29, 1.82) is 0 Å². The zero-order valence-electron chi connectivity index (χ0n) is 9.17. The molecule has 0 aromatic rings. The van der Waals surface area contributed by atoms with Crippen LogP contribution < -0.4 is 5.32 Å². The predicted octanol–water partition coefficient (Wildman–Crippen LogP) is 1.49. The molecular weight excluding hydrogens is 178 g/mol. The van der Waals surface area contributed by atoms with Crippen LogP contribution in [0.1, 0.15) is 27.2 Å². The van der Waals surface area contributed by atoms with Crippen LogP contribution in [0.2, 0.25) is 0 Å². The third-order valence-corrected chi connectivity index (χ3v) is 2.46. The molecule has 1 heterocycles. The van der Waals surface area contributed by atoms with E-state index >= 15 is 0 Å². The molecule has 0 radical (unpaired) electrons. The van der Waals surface area contributed by atoms with Crippen molar-refractivity contribution in [3.8, 4) is 0 Å². The van der Waals surface area contributed by atoms with Crippen molar-refractivity contribution >= 4 is 5.97 Å². The maximum atomic E-state index is 11.4. The lowest BCUT2D eigenvalue weighted by atomic mass is 10.00. The Kier molecular flexibility index (Phi) is 3.69. The molecule has 1 aliphatic heterocycles. The molecule has 0 amide bonds. The summed E-state index contributed by atoms with van der Waals surface area (Å²) in [4.78, 5) is 11.4. The first-order valence-corrected chi connectivity index (χ1v) is 5.07. The first-order valence-electron chi connectivity index (χ1n) is 5.07. The summed E-state index contributed by atoms with van der Waals surface area (Å²) in [5.41, 5.74) is 1.00. The number of morpholine rings is 1. The number of nitrogens with one attached hydrogen (secondary N) is 1. The highest BCUT2D eigenvalue weighted by Gasteiger charge is 2.30. The van der Waals surface area contributed by atoms with Crippen LogP contribution in [0.3, 0.4) is 0 Å². The van der Waals surface area contributed by atoms with Crippen molar-refractivity contribution in [3.05, 3.63) is 12.2 Å². The van der Waals surface area contributed by atoms with E-state index < -0.39 is 0 Å². The Morgan fingerprint density at radius 3 is 2.86 bits per heavy atom. The molecule has 1 N–H and O–H groups in total. The number of carbonyl (C=O) groups excluding carboxylic acids is 1. The number of cyclic esters (lactones) is 1. The zero-order valence-corrected chi connectivity index (χ0v) is 9.17. The molecule has 14 heavy (non-hydrogen) atoms. The molecule has 0 aromatic heterocycles. The SMILES string of the molecule is C=C(C)CC1NC(C(C)C)COC1=O. The van der Waals surface area contributed by atoms with Crippen LogP contribution >= 0.6 is 0 Å². The van der Waals surface area contributed by atoms with E-state index in [9.17, 15) is 4.79 Å². The molecule has 80 valence electrons. The molecule has 1 rings (SSSR count). The molecule has 2 atom stereocenters. The third kappa shape index (κ3) is 2.84. The molecule has 2 unspecified atom stereocenters. The van der Waals surface area contributed by atoms with E-state index in [1.807, 2.05) is 6.92 Å². The van der Waals surface area contributed by atoms with Gasteiger partial charge in [-0.05, 0) is 19.3 Å². The van der Waals surface area contributed by atoms with Gasteiger partial charge in [0.2, 0.25) is 0 Å². The van der Waals surface area contributed by atoms with Crippen molar-refractivity contribution in [1.82, 2.24) is 5.32 Å². The molecule has 0 aliphatic carbocycles. The van der Waals surface area contributed by atoms with Gasteiger partial charge in [0.1, 0.15) is 12.6 Å². The molecular formula is C11H19NO2. The van der Waals surface area contributed by atoms with Crippen LogP contribution in [0.5, 0.6) is 0 Å². The van der Waals surface area contributed by atoms with E-state index in [0.29, 0.717) is 18.9 Å². The highest BCUT2D eigenvalue weighted by atomic mass is 16.5. The van der Waals surface area contributed by atoms with E-state index in [1.165, 1.54) is 0 Å². The van der Waals surface area contributed by atoms with Crippen molar-refractivity contribution in [2.75, 3.05) is 6.61 Å². The van der Waals surface area contributed by atoms with Crippen molar-refractivity contribution < 1.29 is 9.53 Å². The second kappa shape index (κ2) is 4.60. The van der Waals surface area contributed by atoms with Crippen LogP contribution in [-0.2, 0) is 9.53 Å². The van der Waals surface area contributed by atoms with Gasteiger partial charge in [-0.2, -0.15) is 0 Å². The van der Waals surface area contributed by atoms with Gasteiger partial charge in [-0.15, -0.1) is 6.58 Å². The normalized spacial score (nSPS) is 27.6. The molecule has 1 aliphatic rings. The second-order valence-electron chi connectivity index (χ2n) is 4.36. The standard InChI is InChI=1S/C11H19NO2/c1-7(2)5-9-11(13)14-6-10(12-9)8(3)4/h8-10,12H,1,5-6H2,2-4H3. The highest BCUT2D eigenvalue weighted by Crippen LogP contribution is 2.13. The number of esters is 1. The fraction of sp³-hybridized carbons (Fsp3) is 0.727. The Hall–Kier alpha value is -0.830. The van der Waals surface area contributed by atoms with E-state index in [-0.39, 0.29) is 18.1 Å². The fourth-order valence-electron chi connectivity index (χ4n) is 1.52. The van der Waals surface area contributed by atoms with Crippen LogP contribution in [-0.4, -0.2) is 24.7 Å². The van der Waals surface area contributed by atoms with Gasteiger partial charge >= 0.3 is 5.97 Å². The van der Waals surface area contributed by atoms with Gasteiger partial charge < -0.3 is 4.74 Å². The number of rotatable bonds is 3. The van der Waals surface area contributed by atoms with Gasteiger partial charge in [-0.25, -0.2) is 0 Å². The van der Waals surface area contributed by atoms with Crippen LogP contribution in [0.25, 0.3) is 0 Å². The molecule has 3 heteroatoms. The molecule has 0 spiro atoms. The zero-order chi connectivity index (χ0) is 10.7. The average molecular weight is 197 g/mol. The summed E-state index contributed by atoms with van der Waals surface area (Å²) >= 11 is 0. The highest BCUT2D eigenvalue weighted by molar-refractivity contribution is 5.77. The summed E-state index contributed by atoms with van der Waals surface area (Å²) in [5, 5.41) is 3.30. The molecule has 0 bridgehead atoms. The minimum absolute atomic E-state index is 0.148. The van der Waals surface area contributed by atoms with Gasteiger partial charge in [-0.1, -0.05) is 19.4 Å². The summed E-state index contributed by atoms with van der Waals surface area (Å²) in [5.74, 6) is 0.334. The van der Waals surface area contributed by atoms with Gasteiger partial charge in [-0.3, -0.25) is 10.1 Å². The second-order valence-corrected chi connectivity index (χ2v) is 4.36. The lowest BCUT2D eigenvalue weighted by Gasteiger charge is -2.32. The summed E-state index contributed by atoms with van der Waals surface area (Å²) in [6.45, 7) is 10.5. The first kappa shape index (κ1) is 11.2. The largest absolute Gasteiger partial charge is 0.463 e. The van der Waals surface area contributed by atoms with Crippen molar-refractivity contribution in [2.24, 2.45) is 5.92 Å². The minimum Gasteiger partial charge on any atom is -0.463 e. The Labute approximate surface area is 85.5 Å². The molecule has 0 aromatic carbocycles. The molecule has 1 saturated heterocycles. The fourth-order valence-corrected chi connectivity index (χ4v) is 1.52. The van der Waals surface area contributed by atoms with Gasteiger partial charge in [0.05, 0.1) is 0 Å². The first-order chi connectivity index (χ1) is 6.50. The minimum atomic E-state index is -0.200. The van der Waals surface area contributed by atoms with Gasteiger partial charge in [0, 0.05) is 6.04 Å². The summed E-state index contributed by atoms with van der Waals surface area (Å²) in [6, 6.07) is 0.0747. The number of carbonyl (C=O) groups is 1. The summed E-state index contributed by atoms with van der Waals surface area (Å²) in [7, 11) is 0. The Morgan fingerprint density at radius 1 is 1.71 bits per heavy atom. The lowest BCUT2D eigenvalue weighted by Crippen LogP contribution is -2.53. The number of hydrogen-bond acceptors (Lipinski definition) is 3. The molecule has 3 nitrogen and oxygen atoms in total. The van der Waals surface area contributed by atoms with Gasteiger partial charge in [0.25, 0.3) is 0 Å². The Bertz CT molecular complexity index is 235. The average Bonchev–Trinajstić information content (AvgIpc) is 2.07. The summed E-state index contributed by atoms with van der Waals surface area (Å²) < 4.78 is 5.12. The Balaban J connectivity index is 2.55. The maximum Gasteiger partial charge on any atom is 0.323 e. The van der Waals surface area contributed by atoms with Crippen LogP contribution in [0, 0.1) is 5.92 Å². The molecule has 0 saturated carbocycles. The third-order valence-electron chi connectivity index (χ3n) is 2.46. The molecule has 1 fully saturated rings. The van der Waals surface area contributed by atoms with E-state index in [4.69, 9.17) is 4.74 Å². The van der Waals surface area contributed by atoms with Crippen molar-refractivity contribution in [3.63, 3.8) is 0 Å². The van der Waals surface area contributed by atoms with E-state index in [1.54, 1.807) is 0 Å². The number of hydrogen-bond donors (Lipinski definition) is 1. The van der Waals surface area contributed by atoms with Crippen molar-refractivity contribution in [2.45, 2.75) is 39.3 Å². The summed E-state index contributed by atoms with van der Waals surface area (Å²) in [6.07, 6.45) is 0.669. The Morgan fingerprint density at radius 2 is 2.36 bits per heavy atom. The van der Waals surface area contributed by atoms with E-state index in [2.05, 4.69) is 25.7 Å². The van der Waals surface area contributed by atoms with Crippen LogP contribution in [0.15, 0.2) is 12.2 Å². The van der Waals surface area contributed by atoms with E-state index in [0.717, 1.165) is 5.57 Å². The van der Waals surface area contributed by atoms with Crippen LogP contribution in [0.4, 0.5) is 0 Å². The predicted molar refractivity (Wildman–Crippen MR) is 55.9 cm³/mol. The monoisotopic (exact) mass is 197 g/mol. The smallest absolute Gasteiger partial charge is 0.323 e.